The van der Waals surface area contributed by atoms with Crippen LogP contribution in [0.4, 0.5) is 11.4 Å². The number of carboxylic acid groups (broad SMARTS) is 1. The van der Waals surface area contributed by atoms with Crippen molar-refractivity contribution in [3.63, 3.8) is 0 Å². The molecule has 0 aliphatic rings. The molecular formula is C14H15ClN2O2S. The summed E-state index contributed by atoms with van der Waals surface area (Å²) < 4.78 is 0. The lowest BCUT2D eigenvalue weighted by Gasteiger charge is -2.18. The van der Waals surface area contributed by atoms with Crippen molar-refractivity contribution in [3.05, 3.63) is 45.1 Å². The number of anilines is 2. The van der Waals surface area contributed by atoms with E-state index < -0.39 is 5.97 Å². The van der Waals surface area contributed by atoms with Gasteiger partial charge in [-0.3, -0.25) is 0 Å². The van der Waals surface area contributed by atoms with Gasteiger partial charge in [0.05, 0.1) is 16.3 Å². The Kier molecular flexibility index (Phi) is 4.52. The Balaban J connectivity index is 2.22. The maximum Gasteiger partial charge on any atom is 0.337 e. The number of carboxylic acids is 1. The van der Waals surface area contributed by atoms with Crippen LogP contribution in [0.1, 0.15) is 22.2 Å². The van der Waals surface area contributed by atoms with Crippen LogP contribution in [0, 0.1) is 0 Å². The fourth-order valence-electron chi connectivity index (χ4n) is 1.97. The Labute approximate surface area is 126 Å². The first-order valence-electron chi connectivity index (χ1n) is 6.08. The summed E-state index contributed by atoms with van der Waals surface area (Å²) in [4.78, 5) is 12.5. The van der Waals surface area contributed by atoms with E-state index in [-0.39, 0.29) is 11.6 Å². The minimum atomic E-state index is -1.05. The summed E-state index contributed by atoms with van der Waals surface area (Å²) >= 11 is 7.77. The molecule has 1 unspecified atom stereocenters. The van der Waals surface area contributed by atoms with Gasteiger partial charge in [-0.15, -0.1) is 11.3 Å². The first kappa shape index (κ1) is 14.7. The van der Waals surface area contributed by atoms with Crippen molar-refractivity contribution in [2.24, 2.45) is 0 Å². The van der Waals surface area contributed by atoms with Gasteiger partial charge in [0, 0.05) is 23.0 Å². The molecule has 4 nitrogen and oxygen atoms in total. The molecule has 1 aromatic carbocycles. The summed E-state index contributed by atoms with van der Waals surface area (Å²) in [6, 6.07) is 7.06. The Morgan fingerprint density at radius 1 is 1.55 bits per heavy atom. The molecule has 0 saturated carbocycles. The van der Waals surface area contributed by atoms with Crippen LogP contribution in [0.15, 0.2) is 29.6 Å². The number of rotatable bonds is 5. The van der Waals surface area contributed by atoms with Crippen molar-refractivity contribution in [3.8, 4) is 0 Å². The highest BCUT2D eigenvalue weighted by Gasteiger charge is 2.16. The summed E-state index contributed by atoms with van der Waals surface area (Å²) in [5.41, 5.74) is 6.47. The third-order valence-electron chi connectivity index (χ3n) is 2.82. The van der Waals surface area contributed by atoms with Gasteiger partial charge in [-0.2, -0.15) is 0 Å². The number of hydrogen-bond acceptors (Lipinski definition) is 4. The van der Waals surface area contributed by atoms with Gasteiger partial charge < -0.3 is 16.2 Å². The molecule has 0 aliphatic heterocycles. The lowest BCUT2D eigenvalue weighted by Crippen LogP contribution is -2.20. The number of nitrogens with two attached hydrogens (primary N) is 1. The zero-order valence-corrected chi connectivity index (χ0v) is 12.5. The van der Waals surface area contributed by atoms with E-state index in [1.807, 2.05) is 24.4 Å². The van der Waals surface area contributed by atoms with Crippen molar-refractivity contribution in [2.75, 3.05) is 11.1 Å². The molecule has 2 rings (SSSR count). The highest BCUT2D eigenvalue weighted by molar-refractivity contribution is 7.09. The van der Waals surface area contributed by atoms with E-state index in [1.165, 1.54) is 10.9 Å². The van der Waals surface area contributed by atoms with E-state index in [4.69, 9.17) is 17.3 Å². The van der Waals surface area contributed by atoms with Crippen molar-refractivity contribution < 1.29 is 9.90 Å². The molecular weight excluding hydrogens is 296 g/mol. The average Bonchev–Trinajstić information content (AvgIpc) is 2.84. The molecule has 1 aromatic heterocycles. The van der Waals surface area contributed by atoms with Crippen LogP contribution in [-0.2, 0) is 6.42 Å². The SMILES string of the molecule is CC(Cc1cccs1)Nc1c(Cl)cc(N)cc1C(=O)O. The van der Waals surface area contributed by atoms with E-state index in [1.54, 1.807) is 17.4 Å². The van der Waals surface area contributed by atoms with Gasteiger partial charge in [0.15, 0.2) is 0 Å². The largest absolute Gasteiger partial charge is 0.478 e. The van der Waals surface area contributed by atoms with Gasteiger partial charge in [-0.25, -0.2) is 4.79 Å². The van der Waals surface area contributed by atoms with E-state index >= 15 is 0 Å². The number of nitrogen functional groups attached to an aromatic ring is 1. The number of carbonyl (C=O) groups is 1. The number of nitrogens with one attached hydrogen (secondary N) is 1. The Hall–Kier alpha value is -1.72. The van der Waals surface area contributed by atoms with Gasteiger partial charge in [-0.05, 0) is 30.5 Å². The molecule has 1 atom stereocenters. The first-order chi connectivity index (χ1) is 9.47. The minimum Gasteiger partial charge on any atom is -0.478 e. The topological polar surface area (TPSA) is 75.3 Å². The normalized spacial score (nSPS) is 12.1. The standard InChI is InChI=1S/C14H15ClN2O2S/c1-8(5-10-3-2-4-20-10)17-13-11(14(18)19)6-9(16)7-12(13)15/h2-4,6-8,17H,5,16H2,1H3,(H,18,19). The number of benzene rings is 1. The van der Waals surface area contributed by atoms with Crippen molar-refractivity contribution in [1.82, 2.24) is 0 Å². The molecule has 0 amide bonds. The van der Waals surface area contributed by atoms with E-state index in [2.05, 4.69) is 5.32 Å². The summed E-state index contributed by atoms with van der Waals surface area (Å²) in [5, 5.41) is 14.7. The number of aromatic carboxylic acids is 1. The molecule has 0 aliphatic carbocycles. The molecule has 2 aromatic rings. The molecule has 106 valence electrons. The second-order valence-electron chi connectivity index (χ2n) is 4.56. The quantitative estimate of drug-likeness (QED) is 0.736. The van der Waals surface area contributed by atoms with E-state index in [0.29, 0.717) is 16.4 Å². The second-order valence-corrected chi connectivity index (χ2v) is 6.00. The van der Waals surface area contributed by atoms with Crippen LogP contribution in [0.5, 0.6) is 0 Å². The molecule has 0 bridgehead atoms. The van der Waals surface area contributed by atoms with Gasteiger partial charge in [0.2, 0.25) is 0 Å². The summed E-state index contributed by atoms with van der Waals surface area (Å²) in [6.07, 6.45) is 0.803. The van der Waals surface area contributed by atoms with Gasteiger partial charge >= 0.3 is 5.97 Å². The molecule has 0 saturated heterocycles. The number of halogens is 1. The van der Waals surface area contributed by atoms with Crippen molar-refractivity contribution in [1.29, 1.82) is 0 Å². The fourth-order valence-corrected chi connectivity index (χ4v) is 3.09. The van der Waals surface area contributed by atoms with Crippen LogP contribution < -0.4 is 11.1 Å². The minimum absolute atomic E-state index is 0.0628. The summed E-state index contributed by atoms with van der Waals surface area (Å²) in [6.45, 7) is 1.98. The number of hydrogen-bond donors (Lipinski definition) is 3. The van der Waals surface area contributed by atoms with Crippen LogP contribution >= 0.6 is 22.9 Å². The van der Waals surface area contributed by atoms with Gasteiger partial charge in [-0.1, -0.05) is 17.7 Å². The first-order valence-corrected chi connectivity index (χ1v) is 7.34. The molecule has 0 spiro atoms. The predicted molar refractivity (Wildman–Crippen MR) is 83.9 cm³/mol. The van der Waals surface area contributed by atoms with Crippen LogP contribution in [0.3, 0.4) is 0 Å². The average molecular weight is 311 g/mol. The fraction of sp³-hybridized carbons (Fsp3) is 0.214. The van der Waals surface area contributed by atoms with Crippen molar-refractivity contribution in [2.45, 2.75) is 19.4 Å². The highest BCUT2D eigenvalue weighted by atomic mass is 35.5. The summed E-state index contributed by atoms with van der Waals surface area (Å²) in [5.74, 6) is -1.05. The summed E-state index contributed by atoms with van der Waals surface area (Å²) in [7, 11) is 0. The highest BCUT2D eigenvalue weighted by Crippen LogP contribution is 2.30. The van der Waals surface area contributed by atoms with E-state index in [9.17, 15) is 9.90 Å². The third kappa shape index (κ3) is 3.43. The third-order valence-corrected chi connectivity index (χ3v) is 4.02. The number of thiophene rings is 1. The Bertz CT molecular complexity index is 614. The lowest BCUT2D eigenvalue weighted by molar-refractivity contribution is 0.0698. The van der Waals surface area contributed by atoms with E-state index in [0.717, 1.165) is 6.42 Å². The zero-order chi connectivity index (χ0) is 14.7. The molecule has 20 heavy (non-hydrogen) atoms. The second kappa shape index (κ2) is 6.15. The molecule has 1 heterocycles. The van der Waals surface area contributed by atoms with Crippen LogP contribution in [0.25, 0.3) is 0 Å². The van der Waals surface area contributed by atoms with Crippen LogP contribution in [0.2, 0.25) is 5.02 Å². The monoisotopic (exact) mass is 310 g/mol. The molecule has 4 N–H and O–H groups in total. The van der Waals surface area contributed by atoms with Crippen LogP contribution in [-0.4, -0.2) is 17.1 Å². The smallest absolute Gasteiger partial charge is 0.337 e. The zero-order valence-electron chi connectivity index (χ0n) is 10.9. The maximum atomic E-state index is 11.3. The molecule has 0 radical (unpaired) electrons. The van der Waals surface area contributed by atoms with Crippen molar-refractivity contribution >= 4 is 40.3 Å². The Morgan fingerprint density at radius 3 is 2.90 bits per heavy atom. The molecule has 6 heteroatoms. The van der Waals surface area contributed by atoms with Gasteiger partial charge in [0.25, 0.3) is 0 Å². The van der Waals surface area contributed by atoms with Gasteiger partial charge in [0.1, 0.15) is 0 Å². The Morgan fingerprint density at radius 2 is 2.30 bits per heavy atom. The maximum absolute atomic E-state index is 11.3. The molecule has 0 fully saturated rings. The predicted octanol–water partition coefficient (Wildman–Crippen LogP) is 3.73. The lowest BCUT2D eigenvalue weighted by atomic mass is 10.1.